The molecule has 1 heterocycles. The Morgan fingerprint density at radius 2 is 1.90 bits per heavy atom. The van der Waals surface area contributed by atoms with Crippen LogP contribution in [0.15, 0.2) is 30.6 Å². The molecule has 0 aliphatic carbocycles. The predicted molar refractivity (Wildman–Crippen MR) is 84.3 cm³/mol. The molecule has 114 valence electrons. The highest BCUT2D eigenvalue weighted by Gasteiger charge is 2.22. The van der Waals surface area contributed by atoms with Gasteiger partial charge in [0.05, 0.1) is 26.1 Å². The smallest absolute Gasteiger partial charge is 0.161 e. The molecule has 21 heavy (non-hydrogen) atoms. The monoisotopic (exact) mass is 289 g/mol. The van der Waals surface area contributed by atoms with Gasteiger partial charge in [-0.05, 0) is 17.7 Å². The first-order valence-electron chi connectivity index (χ1n) is 6.91. The van der Waals surface area contributed by atoms with Crippen LogP contribution >= 0.6 is 0 Å². The van der Waals surface area contributed by atoms with Crippen molar-refractivity contribution in [1.29, 1.82) is 0 Å². The number of ether oxygens (including phenoxy) is 2. The van der Waals surface area contributed by atoms with Crippen LogP contribution in [0.5, 0.6) is 11.5 Å². The van der Waals surface area contributed by atoms with E-state index in [1.54, 1.807) is 18.9 Å². The first-order valence-corrected chi connectivity index (χ1v) is 6.91. The van der Waals surface area contributed by atoms with Crippen LogP contribution in [0.2, 0.25) is 0 Å². The molecule has 0 atom stereocenters. The Bertz CT molecular complexity index is 605. The zero-order valence-corrected chi connectivity index (χ0v) is 13.3. The first-order chi connectivity index (χ1) is 9.96. The van der Waals surface area contributed by atoms with Crippen LogP contribution in [0.25, 0.3) is 0 Å². The SMILES string of the molecule is COc1ccc(C(C)(C)CNc2cnn(C)c2)cc1OC. The van der Waals surface area contributed by atoms with Gasteiger partial charge in [0.2, 0.25) is 0 Å². The van der Waals surface area contributed by atoms with Gasteiger partial charge in [-0.25, -0.2) is 0 Å². The van der Waals surface area contributed by atoms with E-state index in [2.05, 4.69) is 30.3 Å². The molecule has 0 bridgehead atoms. The van der Waals surface area contributed by atoms with Crippen molar-refractivity contribution in [1.82, 2.24) is 9.78 Å². The Morgan fingerprint density at radius 3 is 2.48 bits per heavy atom. The highest BCUT2D eigenvalue weighted by atomic mass is 16.5. The summed E-state index contributed by atoms with van der Waals surface area (Å²) in [6, 6.07) is 6.05. The van der Waals surface area contributed by atoms with Crippen molar-refractivity contribution in [2.75, 3.05) is 26.1 Å². The van der Waals surface area contributed by atoms with Crippen LogP contribution in [-0.4, -0.2) is 30.5 Å². The number of rotatable bonds is 6. The molecule has 0 saturated heterocycles. The first kappa shape index (κ1) is 15.2. The van der Waals surface area contributed by atoms with Crippen molar-refractivity contribution >= 4 is 5.69 Å². The van der Waals surface area contributed by atoms with Crippen LogP contribution in [0, 0.1) is 0 Å². The Balaban J connectivity index is 2.14. The van der Waals surface area contributed by atoms with E-state index < -0.39 is 0 Å². The van der Waals surface area contributed by atoms with Crippen LogP contribution in [0.1, 0.15) is 19.4 Å². The molecule has 1 N–H and O–H groups in total. The number of hydrogen-bond acceptors (Lipinski definition) is 4. The second kappa shape index (κ2) is 6.08. The third kappa shape index (κ3) is 3.48. The van der Waals surface area contributed by atoms with Gasteiger partial charge in [-0.1, -0.05) is 19.9 Å². The van der Waals surface area contributed by atoms with Gasteiger partial charge in [-0.3, -0.25) is 4.68 Å². The van der Waals surface area contributed by atoms with E-state index in [1.165, 1.54) is 5.56 Å². The second-order valence-electron chi connectivity index (χ2n) is 5.71. The standard InChI is InChI=1S/C16H23N3O2/c1-16(2,11-17-13-9-18-19(3)10-13)12-6-7-14(20-4)15(8-12)21-5/h6-10,17H,11H2,1-5H3. The van der Waals surface area contributed by atoms with Crippen LogP contribution < -0.4 is 14.8 Å². The molecule has 0 saturated carbocycles. The summed E-state index contributed by atoms with van der Waals surface area (Å²) in [5, 5.41) is 7.57. The van der Waals surface area contributed by atoms with Crippen LogP contribution in [0.4, 0.5) is 5.69 Å². The van der Waals surface area contributed by atoms with Crippen molar-refractivity contribution in [3.8, 4) is 11.5 Å². The molecule has 2 rings (SSSR count). The summed E-state index contributed by atoms with van der Waals surface area (Å²) in [6.45, 7) is 5.18. The number of nitrogens with zero attached hydrogens (tertiary/aromatic N) is 2. The molecular formula is C16H23N3O2. The number of benzene rings is 1. The minimum atomic E-state index is -0.0462. The molecule has 2 aromatic rings. The minimum Gasteiger partial charge on any atom is -0.493 e. The zero-order valence-electron chi connectivity index (χ0n) is 13.3. The lowest BCUT2D eigenvalue weighted by Crippen LogP contribution is -2.27. The topological polar surface area (TPSA) is 48.3 Å². The lowest BCUT2D eigenvalue weighted by atomic mass is 9.84. The van der Waals surface area contributed by atoms with Crippen LogP contribution in [0.3, 0.4) is 0 Å². The van der Waals surface area contributed by atoms with Crippen molar-refractivity contribution in [3.63, 3.8) is 0 Å². The molecule has 0 radical (unpaired) electrons. The average Bonchev–Trinajstić information content (AvgIpc) is 2.90. The number of nitrogens with one attached hydrogen (secondary N) is 1. The lowest BCUT2D eigenvalue weighted by Gasteiger charge is -2.26. The summed E-state index contributed by atoms with van der Waals surface area (Å²) in [5.74, 6) is 1.50. The molecule has 0 unspecified atom stereocenters. The molecule has 0 amide bonds. The van der Waals surface area contributed by atoms with E-state index in [4.69, 9.17) is 9.47 Å². The molecule has 0 aliphatic rings. The van der Waals surface area contributed by atoms with E-state index >= 15 is 0 Å². The maximum absolute atomic E-state index is 5.38. The van der Waals surface area contributed by atoms with E-state index in [-0.39, 0.29) is 5.41 Å². The van der Waals surface area contributed by atoms with Gasteiger partial charge in [0, 0.05) is 25.2 Å². The number of aryl methyl sites for hydroxylation is 1. The van der Waals surface area contributed by atoms with Gasteiger partial charge >= 0.3 is 0 Å². The van der Waals surface area contributed by atoms with Gasteiger partial charge in [-0.2, -0.15) is 5.10 Å². The quantitative estimate of drug-likeness (QED) is 0.888. The molecule has 0 aliphatic heterocycles. The Morgan fingerprint density at radius 1 is 1.19 bits per heavy atom. The van der Waals surface area contributed by atoms with Crippen molar-refractivity contribution in [2.24, 2.45) is 7.05 Å². The largest absolute Gasteiger partial charge is 0.493 e. The minimum absolute atomic E-state index is 0.0462. The summed E-state index contributed by atoms with van der Waals surface area (Å²) in [4.78, 5) is 0. The summed E-state index contributed by atoms with van der Waals surface area (Å²) in [5.41, 5.74) is 2.16. The number of methoxy groups -OCH3 is 2. The van der Waals surface area contributed by atoms with E-state index in [0.29, 0.717) is 0 Å². The molecule has 1 aromatic heterocycles. The van der Waals surface area contributed by atoms with Gasteiger partial charge < -0.3 is 14.8 Å². The van der Waals surface area contributed by atoms with Crippen molar-refractivity contribution in [2.45, 2.75) is 19.3 Å². The maximum atomic E-state index is 5.38. The van der Waals surface area contributed by atoms with Gasteiger partial charge in [-0.15, -0.1) is 0 Å². The molecule has 1 aromatic carbocycles. The zero-order chi connectivity index (χ0) is 15.5. The molecule has 5 heteroatoms. The van der Waals surface area contributed by atoms with Gasteiger partial charge in [0.1, 0.15) is 0 Å². The summed E-state index contributed by atoms with van der Waals surface area (Å²) >= 11 is 0. The average molecular weight is 289 g/mol. The fourth-order valence-corrected chi connectivity index (χ4v) is 2.19. The molecular weight excluding hydrogens is 266 g/mol. The fourth-order valence-electron chi connectivity index (χ4n) is 2.19. The molecule has 0 spiro atoms. The Labute approximate surface area is 125 Å². The van der Waals surface area contributed by atoms with E-state index in [9.17, 15) is 0 Å². The number of anilines is 1. The fraction of sp³-hybridized carbons (Fsp3) is 0.438. The van der Waals surface area contributed by atoms with Gasteiger partial charge in [0.15, 0.2) is 11.5 Å². The van der Waals surface area contributed by atoms with E-state index in [0.717, 1.165) is 23.7 Å². The Kier molecular flexibility index (Phi) is 4.40. The Hall–Kier alpha value is -2.17. The highest BCUT2D eigenvalue weighted by Crippen LogP contribution is 2.33. The molecule has 5 nitrogen and oxygen atoms in total. The number of hydrogen-bond donors (Lipinski definition) is 1. The third-order valence-electron chi connectivity index (χ3n) is 3.60. The number of aromatic nitrogens is 2. The summed E-state index contributed by atoms with van der Waals surface area (Å²) in [7, 11) is 5.21. The highest BCUT2D eigenvalue weighted by molar-refractivity contribution is 5.46. The summed E-state index contributed by atoms with van der Waals surface area (Å²) in [6.07, 6.45) is 3.79. The second-order valence-corrected chi connectivity index (χ2v) is 5.71. The summed E-state index contributed by atoms with van der Waals surface area (Å²) < 4.78 is 12.4. The molecule has 0 fully saturated rings. The van der Waals surface area contributed by atoms with Crippen LogP contribution in [-0.2, 0) is 12.5 Å². The van der Waals surface area contributed by atoms with Crippen molar-refractivity contribution < 1.29 is 9.47 Å². The normalized spacial score (nSPS) is 11.3. The van der Waals surface area contributed by atoms with E-state index in [1.807, 2.05) is 31.6 Å². The third-order valence-corrected chi connectivity index (χ3v) is 3.60. The van der Waals surface area contributed by atoms with Gasteiger partial charge in [0.25, 0.3) is 0 Å². The van der Waals surface area contributed by atoms with Crippen molar-refractivity contribution in [3.05, 3.63) is 36.2 Å². The maximum Gasteiger partial charge on any atom is 0.161 e. The lowest BCUT2D eigenvalue weighted by molar-refractivity contribution is 0.353. The predicted octanol–water partition coefficient (Wildman–Crippen LogP) is 2.83.